The van der Waals surface area contributed by atoms with Crippen LogP contribution in [0, 0.1) is 22.7 Å². The van der Waals surface area contributed by atoms with Gasteiger partial charge in [0, 0.05) is 10.8 Å². The molecule has 7 atom stereocenters. The Morgan fingerprint density at radius 2 is 1.80 bits per heavy atom. The van der Waals surface area contributed by atoms with Crippen molar-refractivity contribution in [2.24, 2.45) is 22.7 Å². The summed E-state index contributed by atoms with van der Waals surface area (Å²) in [7, 11) is 2.27. The number of carbonyl (C=O) groups excluding carboxylic acids is 4. The molecule has 3 fully saturated rings. The van der Waals surface area contributed by atoms with Crippen LogP contribution in [-0.2, 0) is 28.5 Å². The molecule has 0 heterocycles. The third-order valence-corrected chi connectivity index (χ3v) is 10.0. The maximum atomic E-state index is 13.5. The van der Waals surface area contributed by atoms with E-state index in [4.69, 9.17) is 25.8 Å². The Hall–Kier alpha value is -2.39. The molecule has 9 nitrogen and oxygen atoms in total. The average Bonchev–Trinajstić information content (AvgIpc) is 3.11. The number of alkyl halides is 1. The second kappa shape index (κ2) is 8.62. The number of aliphatic hydroxyl groups is 1. The van der Waals surface area contributed by atoms with E-state index in [1.165, 1.54) is 6.08 Å². The number of halogens is 1. The molecule has 0 radical (unpaired) electrons. The van der Waals surface area contributed by atoms with Gasteiger partial charge in [0.25, 0.3) is 0 Å². The van der Waals surface area contributed by atoms with Crippen LogP contribution in [0.4, 0.5) is 9.59 Å². The Kier molecular flexibility index (Phi) is 6.33. The molecule has 0 aromatic carbocycles. The quantitative estimate of drug-likeness (QED) is 0.446. The van der Waals surface area contributed by atoms with Crippen molar-refractivity contribution in [1.29, 1.82) is 0 Å². The predicted molar refractivity (Wildman–Crippen MR) is 123 cm³/mol. The molecular formula is C25H31ClO9. The zero-order valence-electron chi connectivity index (χ0n) is 20.3. The molecule has 35 heavy (non-hydrogen) atoms. The molecule has 1 unspecified atom stereocenters. The van der Waals surface area contributed by atoms with Gasteiger partial charge in [0.2, 0.25) is 5.78 Å². The summed E-state index contributed by atoms with van der Waals surface area (Å²) in [5.41, 5.74) is -2.56. The fraction of sp³-hybridized carbons (Fsp3) is 0.680. The number of methoxy groups -OCH3 is 2. The summed E-state index contributed by atoms with van der Waals surface area (Å²) in [6.45, 7) is 3.10. The molecule has 1 N–H and O–H groups in total. The number of hydrogen-bond donors (Lipinski definition) is 1. The number of hydrogen-bond acceptors (Lipinski definition) is 9. The molecule has 4 aliphatic carbocycles. The number of ether oxygens (including phenoxy) is 4. The lowest BCUT2D eigenvalue weighted by molar-refractivity contribution is -0.179. The maximum absolute atomic E-state index is 13.5. The van der Waals surface area contributed by atoms with Crippen LogP contribution >= 0.6 is 11.6 Å². The summed E-state index contributed by atoms with van der Waals surface area (Å²) in [5, 5.41) is 11.6. The van der Waals surface area contributed by atoms with Gasteiger partial charge in [-0.1, -0.05) is 25.5 Å². The van der Waals surface area contributed by atoms with Crippen LogP contribution in [0.3, 0.4) is 0 Å². The molecule has 10 heteroatoms. The number of carbonyl (C=O) groups is 4. The molecule has 192 valence electrons. The molecule has 0 aliphatic heterocycles. The highest BCUT2D eigenvalue weighted by Crippen LogP contribution is 2.71. The van der Waals surface area contributed by atoms with E-state index in [0.717, 1.165) is 19.8 Å². The van der Waals surface area contributed by atoms with E-state index in [1.54, 1.807) is 12.2 Å². The first-order valence-corrected chi connectivity index (χ1v) is 12.1. The Balaban J connectivity index is 1.76. The van der Waals surface area contributed by atoms with Gasteiger partial charge in [-0.25, -0.2) is 9.59 Å². The van der Waals surface area contributed by atoms with Gasteiger partial charge in [-0.2, -0.15) is 0 Å². The SMILES string of the molecule is COC(=O)OCC(=O)[C@@]1(OC(=O)OC)CC[C@H]2[C@@H]3CCC4=CC(=O)C=C[C@]4(C)[C@@]3(Cl)C(O)C[C@@]21C. The van der Waals surface area contributed by atoms with Crippen LogP contribution in [0.2, 0.25) is 0 Å². The summed E-state index contributed by atoms with van der Waals surface area (Å²) in [4.78, 5) is 48.3. The second-order valence-corrected chi connectivity index (χ2v) is 11.0. The Labute approximate surface area is 208 Å². The normalized spacial score (nSPS) is 41.6. The van der Waals surface area contributed by atoms with Crippen LogP contribution in [0.1, 0.15) is 46.0 Å². The molecule has 4 aliphatic rings. The predicted octanol–water partition coefficient (Wildman–Crippen LogP) is 3.50. The lowest BCUT2D eigenvalue weighted by Crippen LogP contribution is -2.69. The van der Waals surface area contributed by atoms with E-state index in [1.807, 2.05) is 13.8 Å². The van der Waals surface area contributed by atoms with E-state index in [-0.39, 0.29) is 30.5 Å². The zero-order valence-corrected chi connectivity index (χ0v) is 21.1. The van der Waals surface area contributed by atoms with Crippen LogP contribution in [-0.4, -0.2) is 66.4 Å². The minimum absolute atomic E-state index is 0.0588. The van der Waals surface area contributed by atoms with E-state index in [2.05, 4.69) is 4.74 Å². The fourth-order valence-electron chi connectivity index (χ4n) is 7.36. The van der Waals surface area contributed by atoms with Crippen LogP contribution in [0.5, 0.6) is 0 Å². The first-order chi connectivity index (χ1) is 16.4. The molecule has 4 rings (SSSR count). The molecule has 3 saturated carbocycles. The number of allylic oxidation sites excluding steroid dienone is 4. The minimum atomic E-state index is -1.69. The number of Topliss-reactive ketones (excluding diaryl/α,β-unsaturated/α-hetero) is 1. The first kappa shape index (κ1) is 25.7. The molecular weight excluding hydrogens is 480 g/mol. The minimum Gasteiger partial charge on any atom is -0.438 e. The van der Waals surface area contributed by atoms with Crippen LogP contribution < -0.4 is 0 Å². The molecule has 0 saturated heterocycles. The number of fused-ring (bicyclic) bond motifs is 5. The highest BCUT2D eigenvalue weighted by molar-refractivity contribution is 6.26. The third kappa shape index (κ3) is 3.45. The van der Waals surface area contributed by atoms with Crippen molar-refractivity contribution < 1.29 is 43.2 Å². The van der Waals surface area contributed by atoms with Crippen molar-refractivity contribution in [2.45, 2.75) is 62.5 Å². The van der Waals surface area contributed by atoms with E-state index in [0.29, 0.717) is 19.3 Å². The second-order valence-electron chi connectivity index (χ2n) is 10.4. The van der Waals surface area contributed by atoms with Crippen molar-refractivity contribution in [3.05, 3.63) is 23.8 Å². The Morgan fingerprint density at radius 3 is 2.46 bits per heavy atom. The first-order valence-electron chi connectivity index (χ1n) is 11.7. The van der Waals surface area contributed by atoms with Gasteiger partial charge in [0.1, 0.15) is 0 Å². The van der Waals surface area contributed by atoms with Crippen molar-refractivity contribution in [1.82, 2.24) is 0 Å². The highest BCUT2D eigenvalue weighted by atomic mass is 35.5. The molecule has 0 amide bonds. The van der Waals surface area contributed by atoms with Gasteiger partial charge >= 0.3 is 12.3 Å². The number of ketones is 2. The summed E-state index contributed by atoms with van der Waals surface area (Å²) in [6.07, 6.45) is 3.67. The smallest absolute Gasteiger partial charge is 0.438 e. The molecule has 0 spiro atoms. The largest absolute Gasteiger partial charge is 0.509 e. The summed E-state index contributed by atoms with van der Waals surface area (Å²) < 4.78 is 19.8. The average molecular weight is 511 g/mol. The van der Waals surface area contributed by atoms with Gasteiger partial charge in [0.15, 0.2) is 18.0 Å². The third-order valence-electron chi connectivity index (χ3n) is 9.12. The van der Waals surface area contributed by atoms with Gasteiger partial charge in [-0.3, -0.25) is 9.59 Å². The lowest BCUT2D eigenvalue weighted by atomic mass is 9.45. The van der Waals surface area contributed by atoms with Crippen molar-refractivity contribution >= 4 is 35.5 Å². The number of aliphatic hydroxyl groups excluding tert-OH is 1. The van der Waals surface area contributed by atoms with Crippen molar-refractivity contribution in [3.63, 3.8) is 0 Å². The summed E-state index contributed by atoms with van der Waals surface area (Å²) >= 11 is 7.39. The van der Waals surface area contributed by atoms with Crippen molar-refractivity contribution in [2.75, 3.05) is 20.8 Å². The Morgan fingerprint density at radius 1 is 1.11 bits per heavy atom. The Bertz CT molecular complexity index is 1020. The monoisotopic (exact) mass is 510 g/mol. The maximum Gasteiger partial charge on any atom is 0.509 e. The summed E-state index contributed by atoms with van der Waals surface area (Å²) in [5.74, 6) is -1.15. The molecule has 0 aromatic rings. The molecule has 0 bridgehead atoms. The van der Waals surface area contributed by atoms with E-state index >= 15 is 0 Å². The highest BCUT2D eigenvalue weighted by Gasteiger charge is 2.74. The van der Waals surface area contributed by atoms with E-state index in [9.17, 15) is 24.3 Å². The molecule has 0 aromatic heterocycles. The van der Waals surface area contributed by atoms with Gasteiger partial charge in [0.05, 0.1) is 25.2 Å². The van der Waals surface area contributed by atoms with Crippen LogP contribution in [0.15, 0.2) is 23.8 Å². The van der Waals surface area contributed by atoms with Gasteiger partial charge in [-0.05, 0) is 56.1 Å². The van der Waals surface area contributed by atoms with Gasteiger partial charge in [-0.15, -0.1) is 11.6 Å². The lowest BCUT2D eigenvalue weighted by Gasteiger charge is -2.63. The van der Waals surface area contributed by atoms with Crippen LogP contribution in [0.25, 0.3) is 0 Å². The summed E-state index contributed by atoms with van der Waals surface area (Å²) in [6, 6.07) is 0. The fourth-order valence-corrected chi connectivity index (χ4v) is 7.89. The standard InChI is InChI=1S/C25H31ClO9/c1-22-9-7-15(27)11-14(22)5-6-17-16-8-10-24(35-21(31)33-4,19(29)13-34-20(30)32-3)23(16,2)12-18(28)25(17,22)26/h7,9,11,16-18,28H,5-6,8,10,12-13H2,1-4H3/t16-,17-,18?,22-,23-,24-,25-/m0/s1. The van der Waals surface area contributed by atoms with Gasteiger partial charge < -0.3 is 24.1 Å². The van der Waals surface area contributed by atoms with Crippen molar-refractivity contribution in [3.8, 4) is 0 Å². The zero-order chi connectivity index (χ0) is 25.8. The topological polar surface area (TPSA) is 125 Å². The number of rotatable bonds is 4. The van der Waals surface area contributed by atoms with E-state index < -0.39 is 52.1 Å².